The third-order valence-corrected chi connectivity index (χ3v) is 6.32. The Morgan fingerprint density at radius 1 is 1.07 bits per heavy atom. The molecule has 2 aromatic rings. The molecule has 5 nitrogen and oxygen atoms in total. The lowest BCUT2D eigenvalue weighted by Gasteiger charge is -2.30. The van der Waals surface area contributed by atoms with Gasteiger partial charge in [0.1, 0.15) is 0 Å². The van der Waals surface area contributed by atoms with Gasteiger partial charge in [0.15, 0.2) is 0 Å². The minimum Gasteiger partial charge on any atom is -0.396 e. The van der Waals surface area contributed by atoms with Crippen LogP contribution in [0.2, 0.25) is 0 Å². The molecule has 0 aliphatic carbocycles. The van der Waals surface area contributed by atoms with Gasteiger partial charge in [0.25, 0.3) is 0 Å². The Morgan fingerprint density at radius 3 is 2.59 bits per heavy atom. The van der Waals surface area contributed by atoms with Crippen molar-refractivity contribution < 1.29 is 5.11 Å². The molecule has 0 saturated carbocycles. The highest BCUT2D eigenvalue weighted by atomic mass is 16.3. The molecule has 2 aliphatic heterocycles. The van der Waals surface area contributed by atoms with Crippen LogP contribution in [0.5, 0.6) is 0 Å². The maximum absolute atomic E-state index is 9.89. The Balaban J connectivity index is 1.39. The van der Waals surface area contributed by atoms with E-state index in [0.29, 0.717) is 18.4 Å². The lowest BCUT2D eigenvalue weighted by atomic mass is 9.95. The molecule has 2 fully saturated rings. The average Bonchev–Trinajstić information content (AvgIpc) is 3.34. The number of hydrogen-bond donors (Lipinski definition) is 1. The minimum atomic E-state index is 0.312. The first-order valence-corrected chi connectivity index (χ1v) is 10.4. The molecule has 2 aliphatic rings. The van der Waals surface area contributed by atoms with Gasteiger partial charge in [-0.1, -0.05) is 12.5 Å². The van der Waals surface area contributed by atoms with E-state index in [1.807, 2.05) is 23.1 Å². The second-order valence-corrected chi connectivity index (χ2v) is 8.32. The normalized spacial score (nSPS) is 24.5. The number of aliphatic hydroxyl groups is 1. The highest BCUT2D eigenvalue weighted by Gasteiger charge is 2.33. The molecule has 0 unspecified atom stereocenters. The summed E-state index contributed by atoms with van der Waals surface area (Å²) in [6, 6.07) is 8.55. The van der Waals surface area contributed by atoms with Gasteiger partial charge in [-0.15, -0.1) is 0 Å². The fourth-order valence-electron chi connectivity index (χ4n) is 4.71. The highest BCUT2D eigenvalue weighted by molar-refractivity contribution is 5.39. The average molecular weight is 369 g/mol. The van der Waals surface area contributed by atoms with Gasteiger partial charge < -0.3 is 10.0 Å². The van der Waals surface area contributed by atoms with Crippen molar-refractivity contribution in [2.75, 3.05) is 39.3 Å². The van der Waals surface area contributed by atoms with Crippen molar-refractivity contribution in [1.29, 1.82) is 0 Å². The number of benzene rings is 1. The number of nitrogens with zero attached hydrogens (tertiary/aromatic N) is 4. The predicted molar refractivity (Wildman–Crippen MR) is 108 cm³/mol. The Labute approximate surface area is 162 Å². The first-order valence-electron chi connectivity index (χ1n) is 10.4. The molecular weight excluding hydrogens is 336 g/mol. The van der Waals surface area contributed by atoms with Crippen molar-refractivity contribution >= 4 is 0 Å². The van der Waals surface area contributed by atoms with Crippen LogP contribution < -0.4 is 0 Å². The van der Waals surface area contributed by atoms with Crippen LogP contribution in [0.15, 0.2) is 36.7 Å². The lowest BCUT2D eigenvalue weighted by Crippen LogP contribution is -2.37. The summed E-state index contributed by atoms with van der Waals surface area (Å²) in [5, 5.41) is 14.2. The van der Waals surface area contributed by atoms with Gasteiger partial charge >= 0.3 is 0 Å². The van der Waals surface area contributed by atoms with E-state index in [0.717, 1.165) is 31.9 Å². The Morgan fingerprint density at radius 2 is 1.89 bits per heavy atom. The number of likely N-dealkylation sites (tertiary alicyclic amines) is 2. The molecule has 0 radical (unpaired) electrons. The molecule has 0 amide bonds. The van der Waals surface area contributed by atoms with E-state index in [1.165, 1.54) is 43.5 Å². The van der Waals surface area contributed by atoms with Crippen LogP contribution in [0.25, 0.3) is 5.69 Å². The van der Waals surface area contributed by atoms with Gasteiger partial charge in [0.2, 0.25) is 0 Å². The molecule has 146 valence electrons. The fourth-order valence-corrected chi connectivity index (χ4v) is 4.71. The summed E-state index contributed by atoms with van der Waals surface area (Å²) >= 11 is 0. The van der Waals surface area contributed by atoms with Crippen molar-refractivity contribution in [1.82, 2.24) is 19.6 Å². The molecule has 2 saturated heterocycles. The highest BCUT2D eigenvalue weighted by Crippen LogP contribution is 2.27. The van der Waals surface area contributed by atoms with Crippen LogP contribution in [0.1, 0.15) is 30.4 Å². The third-order valence-electron chi connectivity index (χ3n) is 6.32. The molecule has 0 bridgehead atoms. The van der Waals surface area contributed by atoms with E-state index in [2.05, 4.69) is 40.0 Å². The van der Waals surface area contributed by atoms with Crippen molar-refractivity contribution in [3.63, 3.8) is 0 Å². The van der Waals surface area contributed by atoms with E-state index in [4.69, 9.17) is 0 Å². The van der Waals surface area contributed by atoms with Crippen LogP contribution in [0.3, 0.4) is 0 Å². The topological polar surface area (TPSA) is 44.5 Å². The summed E-state index contributed by atoms with van der Waals surface area (Å²) in [7, 11) is 0. The summed E-state index contributed by atoms with van der Waals surface area (Å²) in [6.07, 6.45) is 7.84. The standard InChI is InChI=1S/C22H32N4O/c1-18-12-22(26-11-5-8-23-26)7-6-19(18)13-25-15-20(21(16-25)17-27)14-24-9-3-2-4-10-24/h5-8,11-12,20-21,27H,2-4,9-10,13-17H2,1H3/t20-,21-/m1/s1. The first-order chi connectivity index (χ1) is 13.2. The molecule has 27 heavy (non-hydrogen) atoms. The van der Waals surface area contributed by atoms with Gasteiger partial charge in [0, 0.05) is 45.2 Å². The number of aryl methyl sites for hydroxylation is 1. The van der Waals surface area contributed by atoms with Crippen LogP contribution in [0, 0.1) is 18.8 Å². The monoisotopic (exact) mass is 368 g/mol. The summed E-state index contributed by atoms with van der Waals surface area (Å²) in [4.78, 5) is 5.15. The van der Waals surface area contributed by atoms with Crippen LogP contribution in [0.4, 0.5) is 0 Å². The molecule has 5 heteroatoms. The van der Waals surface area contributed by atoms with Gasteiger partial charge in [-0.2, -0.15) is 5.10 Å². The molecular formula is C22H32N4O. The summed E-state index contributed by atoms with van der Waals surface area (Å²) in [5.74, 6) is 1.01. The summed E-state index contributed by atoms with van der Waals surface area (Å²) < 4.78 is 1.91. The van der Waals surface area contributed by atoms with Gasteiger partial charge in [0.05, 0.1) is 5.69 Å². The molecule has 1 aromatic heterocycles. The molecule has 1 N–H and O–H groups in total. The van der Waals surface area contributed by atoms with Gasteiger partial charge in [-0.05, 0) is 74.0 Å². The minimum absolute atomic E-state index is 0.312. The predicted octanol–water partition coefficient (Wildman–Crippen LogP) is 2.71. The molecule has 0 spiro atoms. The second-order valence-electron chi connectivity index (χ2n) is 8.32. The van der Waals surface area contributed by atoms with Crippen molar-refractivity contribution in [2.45, 2.75) is 32.7 Å². The smallest absolute Gasteiger partial charge is 0.0648 e. The largest absolute Gasteiger partial charge is 0.396 e. The van der Waals surface area contributed by atoms with E-state index in [9.17, 15) is 5.11 Å². The SMILES string of the molecule is Cc1cc(-n2cccn2)ccc1CN1C[C@@H](CN2CCCCC2)[C@@H](CO)C1. The van der Waals surface area contributed by atoms with Crippen LogP contribution in [-0.4, -0.2) is 64.0 Å². The molecule has 4 rings (SSSR count). The number of aromatic nitrogens is 2. The third kappa shape index (κ3) is 4.42. The Hall–Kier alpha value is -1.69. The van der Waals surface area contributed by atoms with E-state index >= 15 is 0 Å². The Kier molecular flexibility index (Phi) is 5.91. The zero-order valence-electron chi connectivity index (χ0n) is 16.4. The molecule has 3 heterocycles. The Bertz CT molecular complexity index is 724. The van der Waals surface area contributed by atoms with Crippen molar-refractivity contribution in [3.8, 4) is 5.69 Å². The van der Waals surface area contributed by atoms with Crippen molar-refractivity contribution in [2.24, 2.45) is 11.8 Å². The fraction of sp³-hybridized carbons (Fsp3) is 0.591. The zero-order valence-corrected chi connectivity index (χ0v) is 16.4. The van der Waals surface area contributed by atoms with E-state index in [1.54, 1.807) is 0 Å². The number of rotatable bonds is 6. The number of piperidine rings is 1. The lowest BCUT2D eigenvalue weighted by molar-refractivity contribution is 0.149. The van der Waals surface area contributed by atoms with Crippen molar-refractivity contribution in [3.05, 3.63) is 47.8 Å². The maximum Gasteiger partial charge on any atom is 0.0648 e. The summed E-state index contributed by atoms with van der Waals surface area (Å²) in [6.45, 7) is 9.21. The van der Waals surface area contributed by atoms with Gasteiger partial charge in [-0.3, -0.25) is 4.90 Å². The number of aliphatic hydroxyl groups excluding tert-OH is 1. The van der Waals surface area contributed by atoms with Crippen LogP contribution >= 0.6 is 0 Å². The number of hydrogen-bond acceptors (Lipinski definition) is 4. The summed E-state index contributed by atoms with van der Waals surface area (Å²) in [5.41, 5.74) is 3.79. The maximum atomic E-state index is 9.89. The zero-order chi connectivity index (χ0) is 18.6. The van der Waals surface area contributed by atoms with Gasteiger partial charge in [-0.25, -0.2) is 4.68 Å². The first kappa shape index (κ1) is 18.7. The van der Waals surface area contributed by atoms with E-state index in [-0.39, 0.29) is 0 Å². The molecule has 1 aromatic carbocycles. The van der Waals surface area contributed by atoms with E-state index < -0.39 is 0 Å². The second kappa shape index (κ2) is 8.55. The quantitative estimate of drug-likeness (QED) is 0.852. The van der Waals surface area contributed by atoms with Crippen LogP contribution in [-0.2, 0) is 6.54 Å². The molecule has 2 atom stereocenters.